The van der Waals surface area contributed by atoms with Crippen LogP contribution in [0, 0.1) is 24.1 Å². The first-order valence-corrected chi connectivity index (χ1v) is 7.62. The summed E-state index contributed by atoms with van der Waals surface area (Å²) in [5, 5.41) is 8.63. The second-order valence-electron chi connectivity index (χ2n) is 4.32. The summed E-state index contributed by atoms with van der Waals surface area (Å²) < 4.78 is 41.6. The van der Waals surface area contributed by atoms with Gasteiger partial charge in [0.2, 0.25) is 0 Å². The number of aromatic nitrogens is 2. The van der Waals surface area contributed by atoms with Gasteiger partial charge in [0.05, 0.1) is 11.3 Å². The Morgan fingerprint density at radius 1 is 1.48 bits per heavy atom. The average Bonchev–Trinajstić information content (AvgIpc) is 2.82. The Morgan fingerprint density at radius 3 is 2.76 bits per heavy atom. The molecule has 0 saturated heterocycles. The quantitative estimate of drug-likeness (QED) is 0.936. The molecule has 0 atom stereocenters. The number of hydrogen-bond acceptors (Lipinski definition) is 4. The van der Waals surface area contributed by atoms with Crippen molar-refractivity contribution < 1.29 is 12.8 Å². The summed E-state index contributed by atoms with van der Waals surface area (Å²) in [4.78, 5) is 3.98. The highest BCUT2D eigenvalue weighted by Gasteiger charge is 2.19. The van der Waals surface area contributed by atoms with Crippen molar-refractivity contribution in [1.29, 1.82) is 5.26 Å². The van der Waals surface area contributed by atoms with E-state index in [1.807, 2.05) is 6.92 Å². The topological polar surface area (TPSA) is 87.8 Å². The fourth-order valence-corrected chi connectivity index (χ4v) is 2.87. The molecule has 0 bridgehead atoms. The molecule has 2 rings (SSSR count). The number of hydrogen-bond donors (Lipinski definition) is 1. The van der Waals surface area contributed by atoms with Gasteiger partial charge in [0, 0.05) is 12.7 Å². The molecular weight excluding hydrogens is 295 g/mol. The van der Waals surface area contributed by atoms with Crippen molar-refractivity contribution in [3.8, 4) is 6.07 Å². The zero-order valence-electron chi connectivity index (χ0n) is 11.5. The Hall–Kier alpha value is -2.40. The van der Waals surface area contributed by atoms with Crippen LogP contribution in [0.15, 0.2) is 29.4 Å². The molecule has 1 aromatic heterocycles. The second kappa shape index (κ2) is 5.54. The molecule has 0 spiro atoms. The molecule has 8 heteroatoms. The molecule has 0 fully saturated rings. The third-order valence-electron chi connectivity index (χ3n) is 2.91. The van der Waals surface area contributed by atoms with Crippen molar-refractivity contribution >= 4 is 15.7 Å². The van der Waals surface area contributed by atoms with Crippen LogP contribution in [0.5, 0.6) is 0 Å². The zero-order valence-corrected chi connectivity index (χ0v) is 12.3. The van der Waals surface area contributed by atoms with Crippen molar-refractivity contribution in [2.45, 2.75) is 25.4 Å². The van der Waals surface area contributed by atoms with Gasteiger partial charge in [-0.15, -0.1) is 0 Å². The number of nitriles is 1. The number of aryl methyl sites for hydroxylation is 2. The maximum absolute atomic E-state index is 13.2. The highest BCUT2D eigenvalue weighted by molar-refractivity contribution is 7.92. The lowest BCUT2D eigenvalue weighted by Crippen LogP contribution is -2.13. The first-order chi connectivity index (χ1) is 9.87. The van der Waals surface area contributed by atoms with Crippen molar-refractivity contribution in [2.24, 2.45) is 0 Å². The molecule has 0 amide bonds. The van der Waals surface area contributed by atoms with E-state index in [1.165, 1.54) is 12.3 Å². The monoisotopic (exact) mass is 308 g/mol. The minimum absolute atomic E-state index is 0.108. The van der Waals surface area contributed by atoms with Crippen LogP contribution in [0.1, 0.15) is 18.3 Å². The van der Waals surface area contributed by atoms with Gasteiger partial charge in [-0.05, 0) is 32.0 Å². The summed E-state index contributed by atoms with van der Waals surface area (Å²) in [5.74, 6) is -0.124. The lowest BCUT2D eigenvalue weighted by Gasteiger charge is -2.06. The minimum Gasteiger partial charge on any atom is -0.334 e. The number of nitrogens with zero attached hydrogens (tertiary/aromatic N) is 3. The van der Waals surface area contributed by atoms with Gasteiger partial charge in [0.1, 0.15) is 17.7 Å². The maximum Gasteiger partial charge on any atom is 0.280 e. The first-order valence-electron chi connectivity index (χ1n) is 6.13. The number of benzene rings is 1. The van der Waals surface area contributed by atoms with Crippen LogP contribution >= 0.6 is 0 Å². The van der Waals surface area contributed by atoms with E-state index in [1.54, 1.807) is 17.6 Å². The lowest BCUT2D eigenvalue weighted by molar-refractivity contribution is 0.597. The zero-order chi connectivity index (χ0) is 15.6. The summed E-state index contributed by atoms with van der Waals surface area (Å²) in [6, 6.07) is 5.07. The Balaban J connectivity index is 2.35. The molecule has 0 aliphatic heterocycles. The second-order valence-corrected chi connectivity index (χ2v) is 5.95. The van der Waals surface area contributed by atoms with Crippen molar-refractivity contribution in [3.05, 3.63) is 41.6 Å². The van der Waals surface area contributed by atoms with Crippen LogP contribution in [0.4, 0.5) is 10.1 Å². The molecule has 0 unspecified atom stereocenters. The number of nitrogens with one attached hydrogen (secondary N) is 1. The fourth-order valence-electron chi connectivity index (χ4n) is 1.81. The Morgan fingerprint density at radius 2 is 2.19 bits per heavy atom. The standard InChI is InChI=1S/C13H13FN4O2S/c1-3-18-8-13(16-9(18)2)21(19,20)17-11-4-5-12(14)10(6-11)7-15/h4-6,8,17H,3H2,1-2H3. The van der Waals surface area contributed by atoms with Gasteiger partial charge in [0.15, 0.2) is 5.03 Å². The third-order valence-corrected chi connectivity index (χ3v) is 4.16. The van der Waals surface area contributed by atoms with Gasteiger partial charge in [-0.1, -0.05) is 0 Å². The minimum atomic E-state index is -3.88. The largest absolute Gasteiger partial charge is 0.334 e. The van der Waals surface area contributed by atoms with Gasteiger partial charge >= 0.3 is 0 Å². The summed E-state index contributed by atoms with van der Waals surface area (Å²) in [6.07, 6.45) is 1.42. The molecule has 1 N–H and O–H groups in total. The third kappa shape index (κ3) is 3.03. The van der Waals surface area contributed by atoms with Gasteiger partial charge in [-0.25, -0.2) is 9.37 Å². The molecular formula is C13H13FN4O2S. The van der Waals surface area contributed by atoms with Crippen LogP contribution in [0.25, 0.3) is 0 Å². The highest BCUT2D eigenvalue weighted by Crippen LogP contribution is 2.18. The summed E-state index contributed by atoms with van der Waals surface area (Å²) in [5.41, 5.74) is -0.123. The fraction of sp³-hybridized carbons (Fsp3) is 0.231. The van der Waals surface area contributed by atoms with Gasteiger partial charge in [-0.3, -0.25) is 4.72 Å². The van der Waals surface area contributed by atoms with E-state index in [2.05, 4.69) is 9.71 Å². The first kappa shape index (κ1) is 15.0. The number of sulfonamides is 1. The molecule has 1 heterocycles. The molecule has 0 aliphatic rings. The predicted molar refractivity (Wildman–Crippen MR) is 74.6 cm³/mol. The van der Waals surface area contributed by atoms with E-state index in [4.69, 9.17) is 5.26 Å². The maximum atomic E-state index is 13.2. The highest BCUT2D eigenvalue weighted by atomic mass is 32.2. The molecule has 0 saturated carbocycles. The van der Waals surface area contributed by atoms with Gasteiger partial charge < -0.3 is 4.57 Å². The molecule has 6 nitrogen and oxygen atoms in total. The predicted octanol–water partition coefficient (Wildman–Crippen LogP) is 2.02. The van der Waals surface area contributed by atoms with Crippen molar-refractivity contribution in [2.75, 3.05) is 4.72 Å². The Labute approximate surface area is 121 Å². The molecule has 0 radical (unpaired) electrons. The van der Waals surface area contributed by atoms with E-state index in [0.29, 0.717) is 12.4 Å². The van der Waals surface area contributed by atoms with Crippen LogP contribution in [0.2, 0.25) is 0 Å². The SMILES string of the molecule is CCn1cc(S(=O)(=O)Nc2ccc(F)c(C#N)c2)nc1C. The number of rotatable bonds is 4. The summed E-state index contributed by atoms with van der Waals surface area (Å²) in [7, 11) is -3.88. The Bertz CT molecular complexity index is 821. The van der Waals surface area contributed by atoms with E-state index in [9.17, 15) is 12.8 Å². The van der Waals surface area contributed by atoms with Gasteiger partial charge in [-0.2, -0.15) is 13.7 Å². The average molecular weight is 308 g/mol. The molecule has 0 aliphatic carbocycles. The van der Waals surface area contributed by atoms with E-state index < -0.39 is 15.8 Å². The van der Waals surface area contributed by atoms with Crippen LogP contribution in [-0.2, 0) is 16.6 Å². The van der Waals surface area contributed by atoms with E-state index in [0.717, 1.165) is 12.1 Å². The smallest absolute Gasteiger partial charge is 0.280 e. The molecule has 110 valence electrons. The van der Waals surface area contributed by atoms with Crippen LogP contribution in [-0.4, -0.2) is 18.0 Å². The van der Waals surface area contributed by atoms with E-state index >= 15 is 0 Å². The molecule has 2 aromatic rings. The number of imidazole rings is 1. The number of halogens is 1. The van der Waals surface area contributed by atoms with Crippen LogP contribution < -0.4 is 4.72 Å². The molecule has 21 heavy (non-hydrogen) atoms. The van der Waals surface area contributed by atoms with Gasteiger partial charge in [0.25, 0.3) is 10.0 Å². The normalized spacial score (nSPS) is 11.1. The molecule has 1 aromatic carbocycles. The van der Waals surface area contributed by atoms with E-state index in [-0.39, 0.29) is 16.3 Å². The van der Waals surface area contributed by atoms with Crippen molar-refractivity contribution in [1.82, 2.24) is 9.55 Å². The Kier molecular flexibility index (Phi) is 3.95. The van der Waals surface area contributed by atoms with Crippen molar-refractivity contribution in [3.63, 3.8) is 0 Å². The summed E-state index contributed by atoms with van der Waals surface area (Å²) in [6.45, 7) is 4.18. The summed E-state index contributed by atoms with van der Waals surface area (Å²) >= 11 is 0. The number of anilines is 1. The van der Waals surface area contributed by atoms with Crippen LogP contribution in [0.3, 0.4) is 0 Å². The lowest BCUT2D eigenvalue weighted by atomic mass is 10.2.